The average molecular weight is 416 g/mol. The molecule has 0 nitrogen and oxygen atoms in total. The molecule has 3 radical (unpaired) electrons. The van der Waals surface area contributed by atoms with Crippen LogP contribution >= 0.6 is 0 Å². The van der Waals surface area contributed by atoms with Crippen LogP contribution in [0.25, 0.3) is 10.8 Å². The third-order valence-electron chi connectivity index (χ3n) is 2.64. The molecule has 0 saturated carbocycles. The third-order valence-corrected chi connectivity index (χ3v) is 3.41. The van der Waals surface area contributed by atoms with Gasteiger partial charge in [0.25, 0.3) is 0 Å². The van der Waals surface area contributed by atoms with E-state index in [0.29, 0.717) is 0 Å². The molecule has 1 aliphatic heterocycles. The molecule has 2 aromatic rings. The first-order valence-corrected chi connectivity index (χ1v) is 6.63. The molecule has 0 aromatic heterocycles. The quantitative estimate of drug-likeness (QED) is 0.375. The van der Waals surface area contributed by atoms with Gasteiger partial charge in [-0.2, -0.15) is 11.6 Å². The number of fused-ring (bicyclic) bond motifs is 1. The maximum atomic E-state index is 2.24. The summed E-state index contributed by atoms with van der Waals surface area (Å²) in [5.74, 6) is 0. The average Bonchev–Trinajstić information content (AvgIpc) is 2.93. The van der Waals surface area contributed by atoms with E-state index < -0.39 is 0 Å². The van der Waals surface area contributed by atoms with Gasteiger partial charge in [-0.25, -0.2) is 0 Å². The van der Waals surface area contributed by atoms with Crippen molar-refractivity contribution in [2.45, 2.75) is 13.8 Å². The second-order valence-corrected chi connectivity index (χ2v) is 4.99. The van der Waals surface area contributed by atoms with Gasteiger partial charge in [-0.3, -0.25) is 0 Å². The molecular weight excluding hydrogens is 394 g/mol. The molecule has 4 heteroatoms. The first-order valence-electron chi connectivity index (χ1n) is 5.48. The predicted molar refractivity (Wildman–Crippen MR) is 85.9 cm³/mol. The topological polar surface area (TPSA) is 0 Å². The zero-order valence-electron chi connectivity index (χ0n) is 13.0. The Balaban J connectivity index is -0.000000129. The first kappa shape index (κ1) is 29.1. The van der Waals surface area contributed by atoms with Gasteiger partial charge in [-0.1, -0.05) is 36.0 Å². The number of hydrogen-bond donors (Lipinski definition) is 0. The summed E-state index contributed by atoms with van der Waals surface area (Å²) in [6.07, 6.45) is 4.14. The van der Waals surface area contributed by atoms with Crippen molar-refractivity contribution in [2.24, 2.45) is 0 Å². The molecule has 0 aliphatic carbocycles. The Kier molecular flexibility index (Phi) is 20.6. The number of allylic oxidation sites excluding steroid dienone is 2. The Bertz CT molecular complexity index is 535. The van der Waals surface area contributed by atoms with Gasteiger partial charge >= 0.3 is 26.2 Å². The number of halogens is 2. The van der Waals surface area contributed by atoms with Crippen molar-refractivity contribution in [3.05, 3.63) is 79.9 Å². The fourth-order valence-corrected chi connectivity index (χ4v) is 2.29. The van der Waals surface area contributed by atoms with Crippen molar-refractivity contribution in [2.75, 3.05) is 0 Å². The van der Waals surface area contributed by atoms with E-state index in [2.05, 4.69) is 67.7 Å². The predicted octanol–water partition coefficient (Wildman–Crippen LogP) is -1.19. The van der Waals surface area contributed by atoms with E-state index in [1.165, 1.54) is 21.9 Å². The Hall–Kier alpha value is -0.01000. The van der Waals surface area contributed by atoms with Crippen LogP contribution in [-0.4, -0.2) is 9.52 Å². The van der Waals surface area contributed by atoms with E-state index in [9.17, 15) is 0 Å². The molecule has 0 atom stereocenters. The van der Waals surface area contributed by atoms with Crippen LogP contribution in [0.3, 0.4) is 0 Å². The number of hydrogen-bond acceptors (Lipinski definition) is 0. The molecule has 0 amide bonds. The molecule has 2 aromatic carbocycles. The standard InChI is InChI=1S/C11H11.C4H4Si.2CH3.2ClH.Zr/c1-8-3-5-10-6-4-9(2)11(10)7-8;1-2-4-5-3-1;;;;;/h3-7H,1-2H3;1-4H;2*1H3;2*1H;/q-1;;2*-1;;;+3/p-2. The normalized spacial score (nSPS) is 9.81. The molecular formula is C17H21Cl2SiZr-2. The summed E-state index contributed by atoms with van der Waals surface area (Å²) in [5, 5.41) is 2.75. The van der Waals surface area contributed by atoms with Crippen LogP contribution in [0.15, 0.2) is 53.9 Å². The summed E-state index contributed by atoms with van der Waals surface area (Å²) < 4.78 is 0. The van der Waals surface area contributed by atoms with E-state index in [1.54, 1.807) is 0 Å². The maximum Gasteiger partial charge on any atom is 3.00 e. The monoisotopic (exact) mass is 413 g/mol. The van der Waals surface area contributed by atoms with Crippen LogP contribution in [0.2, 0.25) is 0 Å². The molecule has 1 heterocycles. The van der Waals surface area contributed by atoms with Crippen molar-refractivity contribution in [1.29, 1.82) is 0 Å². The van der Waals surface area contributed by atoms with Crippen LogP contribution in [0.1, 0.15) is 11.1 Å². The summed E-state index contributed by atoms with van der Waals surface area (Å²) in [4.78, 5) is 0. The zero-order chi connectivity index (χ0) is 11.4. The zero-order valence-corrected chi connectivity index (χ0v) is 17.9. The first-order chi connectivity index (χ1) is 7.77. The molecule has 0 spiro atoms. The van der Waals surface area contributed by atoms with Crippen molar-refractivity contribution in [1.82, 2.24) is 0 Å². The molecule has 0 fully saturated rings. The number of benzene rings is 1. The minimum Gasteiger partial charge on any atom is -1.00 e. The van der Waals surface area contributed by atoms with Gasteiger partial charge < -0.3 is 39.7 Å². The van der Waals surface area contributed by atoms with Crippen LogP contribution in [0.4, 0.5) is 0 Å². The smallest absolute Gasteiger partial charge is 1.00 e. The molecule has 0 N–H and O–H groups in total. The molecule has 113 valence electrons. The molecule has 0 saturated heterocycles. The van der Waals surface area contributed by atoms with Gasteiger partial charge in [0.2, 0.25) is 0 Å². The van der Waals surface area contributed by atoms with Crippen molar-refractivity contribution in [3.63, 3.8) is 0 Å². The van der Waals surface area contributed by atoms with Crippen LogP contribution in [0.5, 0.6) is 0 Å². The minimum atomic E-state index is 0. The van der Waals surface area contributed by atoms with Gasteiger partial charge in [0.1, 0.15) is 9.52 Å². The molecule has 3 rings (SSSR count). The second kappa shape index (κ2) is 14.9. The summed E-state index contributed by atoms with van der Waals surface area (Å²) in [7, 11) is 0.948. The van der Waals surface area contributed by atoms with Gasteiger partial charge in [-0.05, 0) is 6.92 Å². The Morgan fingerprint density at radius 3 is 2.00 bits per heavy atom. The molecule has 1 aliphatic rings. The van der Waals surface area contributed by atoms with Crippen LogP contribution in [-0.2, 0) is 26.2 Å². The van der Waals surface area contributed by atoms with Crippen molar-refractivity contribution in [3.8, 4) is 0 Å². The van der Waals surface area contributed by atoms with E-state index >= 15 is 0 Å². The maximum absolute atomic E-state index is 2.24. The summed E-state index contributed by atoms with van der Waals surface area (Å²) >= 11 is 0. The van der Waals surface area contributed by atoms with Crippen LogP contribution < -0.4 is 24.8 Å². The van der Waals surface area contributed by atoms with Gasteiger partial charge in [0.05, 0.1) is 0 Å². The van der Waals surface area contributed by atoms with E-state index in [1.807, 2.05) is 0 Å². The van der Waals surface area contributed by atoms with E-state index in [0.717, 1.165) is 9.52 Å². The van der Waals surface area contributed by atoms with Crippen LogP contribution in [0, 0.1) is 28.7 Å². The number of aryl methyl sites for hydroxylation is 2. The van der Waals surface area contributed by atoms with Crippen molar-refractivity contribution >= 4 is 20.3 Å². The largest absolute Gasteiger partial charge is 3.00 e. The number of rotatable bonds is 0. The molecule has 21 heavy (non-hydrogen) atoms. The van der Waals surface area contributed by atoms with E-state index in [-0.39, 0.29) is 65.9 Å². The minimum absolute atomic E-state index is 0. The summed E-state index contributed by atoms with van der Waals surface area (Å²) in [6, 6.07) is 10.9. The second-order valence-electron chi connectivity index (χ2n) is 3.99. The Morgan fingerprint density at radius 1 is 0.952 bits per heavy atom. The Morgan fingerprint density at radius 2 is 1.52 bits per heavy atom. The third kappa shape index (κ3) is 8.88. The van der Waals surface area contributed by atoms with Gasteiger partial charge in [0.15, 0.2) is 0 Å². The Labute approximate surface area is 164 Å². The molecule has 0 bridgehead atoms. The summed E-state index contributed by atoms with van der Waals surface area (Å²) in [6.45, 7) is 4.29. The van der Waals surface area contributed by atoms with Gasteiger partial charge in [0, 0.05) is 0 Å². The SMILES string of the molecule is C1=C[Si]C=C1.Cc1ccc2[cH-]cc(C)c2c1.[CH3-].[CH3-].[Cl-].[Cl-].[Zr+3]. The fraction of sp³-hybridized carbons (Fsp3) is 0.118. The fourth-order valence-electron chi connectivity index (χ4n) is 1.74. The summed E-state index contributed by atoms with van der Waals surface area (Å²) in [5.41, 5.74) is 7.02. The molecule has 0 unspecified atom stereocenters. The van der Waals surface area contributed by atoms with Crippen molar-refractivity contribution < 1.29 is 51.0 Å². The van der Waals surface area contributed by atoms with E-state index in [4.69, 9.17) is 0 Å². The van der Waals surface area contributed by atoms with Gasteiger partial charge in [-0.15, -0.1) is 35.0 Å².